The molecule has 0 amide bonds. The zero-order valence-electron chi connectivity index (χ0n) is 9.40. The Bertz CT molecular complexity index is 340. The van der Waals surface area contributed by atoms with Crippen molar-refractivity contribution in [1.29, 1.82) is 0 Å². The molecule has 0 aliphatic carbocycles. The highest BCUT2D eigenvalue weighted by molar-refractivity contribution is 5.32. The first-order valence-electron chi connectivity index (χ1n) is 5.51. The van der Waals surface area contributed by atoms with Gasteiger partial charge in [-0.25, -0.2) is 4.98 Å². The Morgan fingerprint density at radius 3 is 2.88 bits per heavy atom. The number of rotatable bonds is 3. The van der Waals surface area contributed by atoms with Crippen LogP contribution in [0.2, 0.25) is 0 Å². The standard InChI is InChI=1S/C11H16FN3O/c1-16-10-2-5-13-11(14-10)15-6-3-9(8-12)4-7-15/h2,5,9H,3-4,6-8H2,1H3. The van der Waals surface area contributed by atoms with Gasteiger partial charge in [-0.3, -0.25) is 4.39 Å². The van der Waals surface area contributed by atoms with Gasteiger partial charge in [0.2, 0.25) is 11.8 Å². The molecule has 0 atom stereocenters. The number of alkyl halides is 1. The monoisotopic (exact) mass is 225 g/mol. The average molecular weight is 225 g/mol. The molecule has 1 aliphatic rings. The summed E-state index contributed by atoms with van der Waals surface area (Å²) in [4.78, 5) is 10.5. The van der Waals surface area contributed by atoms with Crippen LogP contribution in [0.5, 0.6) is 5.88 Å². The maximum atomic E-state index is 12.5. The van der Waals surface area contributed by atoms with Crippen molar-refractivity contribution in [3.05, 3.63) is 12.3 Å². The van der Waals surface area contributed by atoms with Gasteiger partial charge in [0.1, 0.15) is 0 Å². The zero-order chi connectivity index (χ0) is 11.4. The van der Waals surface area contributed by atoms with E-state index in [4.69, 9.17) is 4.74 Å². The molecule has 16 heavy (non-hydrogen) atoms. The minimum absolute atomic E-state index is 0.210. The highest BCUT2D eigenvalue weighted by Crippen LogP contribution is 2.21. The molecule has 0 saturated carbocycles. The summed E-state index contributed by atoms with van der Waals surface area (Å²) < 4.78 is 17.5. The highest BCUT2D eigenvalue weighted by Gasteiger charge is 2.20. The average Bonchev–Trinajstić information content (AvgIpc) is 2.39. The van der Waals surface area contributed by atoms with Crippen molar-refractivity contribution < 1.29 is 9.13 Å². The summed E-state index contributed by atoms with van der Waals surface area (Å²) >= 11 is 0. The Morgan fingerprint density at radius 2 is 2.25 bits per heavy atom. The molecular formula is C11H16FN3O. The lowest BCUT2D eigenvalue weighted by molar-refractivity contribution is 0.306. The Kier molecular flexibility index (Phi) is 3.54. The molecule has 2 heterocycles. The van der Waals surface area contributed by atoms with E-state index < -0.39 is 0 Å². The summed E-state index contributed by atoms with van der Waals surface area (Å²) in [5, 5.41) is 0. The predicted octanol–water partition coefficient (Wildman–Crippen LogP) is 1.67. The third kappa shape index (κ3) is 2.40. The van der Waals surface area contributed by atoms with Crippen LogP contribution in [0, 0.1) is 5.92 Å². The molecule has 1 aliphatic heterocycles. The van der Waals surface area contributed by atoms with Crippen LogP contribution in [-0.2, 0) is 0 Å². The third-order valence-electron chi connectivity index (χ3n) is 2.94. The van der Waals surface area contributed by atoms with Crippen molar-refractivity contribution in [2.45, 2.75) is 12.8 Å². The second-order valence-corrected chi connectivity index (χ2v) is 3.98. The Labute approximate surface area is 94.5 Å². The number of methoxy groups -OCH3 is 1. The molecule has 0 aromatic carbocycles. The van der Waals surface area contributed by atoms with Gasteiger partial charge in [0.15, 0.2) is 0 Å². The highest BCUT2D eigenvalue weighted by atomic mass is 19.1. The number of hydrogen-bond acceptors (Lipinski definition) is 4. The van der Waals surface area contributed by atoms with Gasteiger partial charge in [0.25, 0.3) is 0 Å². The number of aromatic nitrogens is 2. The van der Waals surface area contributed by atoms with Crippen molar-refractivity contribution >= 4 is 5.95 Å². The molecule has 0 bridgehead atoms. The summed E-state index contributed by atoms with van der Waals surface area (Å²) in [5.74, 6) is 1.45. The van der Waals surface area contributed by atoms with Gasteiger partial charge >= 0.3 is 0 Å². The van der Waals surface area contributed by atoms with Crippen molar-refractivity contribution in [1.82, 2.24) is 9.97 Å². The lowest BCUT2D eigenvalue weighted by Crippen LogP contribution is -2.35. The Morgan fingerprint density at radius 1 is 1.50 bits per heavy atom. The van der Waals surface area contributed by atoms with E-state index in [2.05, 4.69) is 14.9 Å². The number of anilines is 1. The first kappa shape index (κ1) is 11.1. The van der Waals surface area contributed by atoms with E-state index in [1.807, 2.05) is 0 Å². The Hall–Kier alpha value is -1.39. The molecule has 1 aromatic heterocycles. The van der Waals surface area contributed by atoms with Crippen LogP contribution in [0.4, 0.5) is 10.3 Å². The number of hydrogen-bond donors (Lipinski definition) is 0. The van der Waals surface area contributed by atoms with Crippen molar-refractivity contribution in [3.8, 4) is 5.88 Å². The van der Waals surface area contributed by atoms with Gasteiger partial charge in [-0.1, -0.05) is 0 Å². The van der Waals surface area contributed by atoms with Crippen LogP contribution in [0.3, 0.4) is 0 Å². The lowest BCUT2D eigenvalue weighted by Gasteiger charge is -2.30. The van der Waals surface area contributed by atoms with Gasteiger partial charge in [-0.15, -0.1) is 0 Å². The smallest absolute Gasteiger partial charge is 0.228 e. The first-order chi connectivity index (χ1) is 7.83. The van der Waals surface area contributed by atoms with E-state index in [0.29, 0.717) is 11.8 Å². The van der Waals surface area contributed by atoms with Crippen LogP contribution < -0.4 is 9.64 Å². The molecule has 5 heteroatoms. The number of halogens is 1. The summed E-state index contributed by atoms with van der Waals surface area (Å²) in [7, 11) is 1.58. The third-order valence-corrected chi connectivity index (χ3v) is 2.94. The van der Waals surface area contributed by atoms with E-state index in [0.717, 1.165) is 25.9 Å². The maximum Gasteiger partial charge on any atom is 0.228 e. The number of nitrogens with zero attached hydrogens (tertiary/aromatic N) is 3. The minimum atomic E-state index is -0.215. The molecule has 1 aromatic rings. The fourth-order valence-electron chi connectivity index (χ4n) is 1.89. The summed E-state index contributed by atoms with van der Waals surface area (Å²) in [6, 6.07) is 1.72. The normalized spacial score (nSPS) is 17.5. The minimum Gasteiger partial charge on any atom is -0.481 e. The Balaban J connectivity index is 2.02. The molecule has 0 unspecified atom stereocenters. The zero-order valence-corrected chi connectivity index (χ0v) is 9.40. The fourth-order valence-corrected chi connectivity index (χ4v) is 1.89. The van der Waals surface area contributed by atoms with Gasteiger partial charge < -0.3 is 9.64 Å². The molecular weight excluding hydrogens is 209 g/mol. The summed E-state index contributed by atoms with van der Waals surface area (Å²) in [5.41, 5.74) is 0. The predicted molar refractivity (Wildman–Crippen MR) is 59.5 cm³/mol. The second-order valence-electron chi connectivity index (χ2n) is 3.98. The van der Waals surface area contributed by atoms with Crippen LogP contribution in [0.1, 0.15) is 12.8 Å². The van der Waals surface area contributed by atoms with E-state index in [-0.39, 0.29) is 12.6 Å². The van der Waals surface area contributed by atoms with Crippen LogP contribution in [0.15, 0.2) is 12.3 Å². The number of piperidine rings is 1. The molecule has 4 nitrogen and oxygen atoms in total. The molecule has 88 valence electrons. The van der Waals surface area contributed by atoms with Crippen LogP contribution in [-0.4, -0.2) is 36.8 Å². The lowest BCUT2D eigenvalue weighted by atomic mass is 9.99. The fraction of sp³-hybridized carbons (Fsp3) is 0.636. The molecule has 1 saturated heterocycles. The van der Waals surface area contributed by atoms with E-state index in [9.17, 15) is 4.39 Å². The maximum absolute atomic E-state index is 12.5. The van der Waals surface area contributed by atoms with E-state index in [1.54, 1.807) is 19.4 Å². The molecule has 0 spiro atoms. The van der Waals surface area contributed by atoms with Crippen LogP contribution >= 0.6 is 0 Å². The van der Waals surface area contributed by atoms with Crippen molar-refractivity contribution in [3.63, 3.8) is 0 Å². The van der Waals surface area contributed by atoms with Gasteiger partial charge in [-0.05, 0) is 18.8 Å². The molecule has 0 N–H and O–H groups in total. The largest absolute Gasteiger partial charge is 0.481 e. The quantitative estimate of drug-likeness (QED) is 0.784. The van der Waals surface area contributed by atoms with Crippen molar-refractivity contribution in [2.75, 3.05) is 31.8 Å². The first-order valence-corrected chi connectivity index (χ1v) is 5.51. The van der Waals surface area contributed by atoms with E-state index >= 15 is 0 Å². The molecule has 1 fully saturated rings. The topological polar surface area (TPSA) is 38.2 Å². The van der Waals surface area contributed by atoms with Gasteiger partial charge in [0.05, 0.1) is 13.8 Å². The van der Waals surface area contributed by atoms with Crippen molar-refractivity contribution in [2.24, 2.45) is 5.92 Å². The number of ether oxygens (including phenoxy) is 1. The van der Waals surface area contributed by atoms with Crippen LogP contribution in [0.25, 0.3) is 0 Å². The van der Waals surface area contributed by atoms with E-state index in [1.165, 1.54) is 0 Å². The SMILES string of the molecule is COc1ccnc(N2CCC(CF)CC2)n1. The summed E-state index contributed by atoms with van der Waals surface area (Å²) in [6.07, 6.45) is 3.43. The van der Waals surface area contributed by atoms with Gasteiger partial charge in [-0.2, -0.15) is 4.98 Å². The second kappa shape index (κ2) is 5.09. The molecule has 2 rings (SSSR count). The molecule has 0 radical (unpaired) electrons. The van der Waals surface area contributed by atoms with Gasteiger partial charge in [0, 0.05) is 25.4 Å². The summed E-state index contributed by atoms with van der Waals surface area (Å²) in [6.45, 7) is 1.43.